The molecule has 0 fully saturated rings. The molecular formula is C63H106N14O21. The molecule has 11 amide bonds. The Hall–Kier alpha value is -9.12. The average Bonchev–Trinajstić information content (AvgIpc) is 0.863. The van der Waals surface area contributed by atoms with Gasteiger partial charge >= 0.3 is 42.7 Å². The number of ether oxygens (including phenoxy) is 10. The van der Waals surface area contributed by atoms with Gasteiger partial charge in [0, 0.05) is 51.9 Å². The molecule has 554 valence electrons. The summed E-state index contributed by atoms with van der Waals surface area (Å²) < 4.78 is 55.0. The Bertz CT molecular complexity index is 2510. The summed E-state index contributed by atoms with van der Waals surface area (Å²) in [4.78, 5) is 154. The lowest BCUT2D eigenvalue weighted by atomic mass is 10.0. The summed E-state index contributed by atoms with van der Waals surface area (Å²) in [5.41, 5.74) is -6.22. The first-order valence-corrected chi connectivity index (χ1v) is 31.7. The first kappa shape index (κ1) is 86.9. The summed E-state index contributed by atoms with van der Waals surface area (Å²) in [5.74, 6) is -3.14. The Kier molecular flexibility index (Phi) is 37.7. The van der Waals surface area contributed by atoms with Crippen LogP contribution in [0.25, 0.3) is 0 Å². The van der Waals surface area contributed by atoms with Crippen LogP contribution in [-0.4, -0.2) is 209 Å². The van der Waals surface area contributed by atoms with Gasteiger partial charge in [-0.3, -0.25) is 66.1 Å². The van der Waals surface area contributed by atoms with Crippen LogP contribution < -0.4 is 58.5 Å². The van der Waals surface area contributed by atoms with Gasteiger partial charge < -0.3 is 74.0 Å². The second-order valence-electron chi connectivity index (χ2n) is 27.5. The van der Waals surface area contributed by atoms with Crippen LogP contribution in [0.2, 0.25) is 0 Å². The third kappa shape index (κ3) is 49.4. The molecule has 0 heterocycles. The largest absolute Gasteiger partial charge is 0.445 e. The third-order valence-corrected chi connectivity index (χ3v) is 10.6. The highest BCUT2D eigenvalue weighted by molar-refractivity contribution is 6.03. The number of carbonyl (C=O) groups is 11. The van der Waals surface area contributed by atoms with Gasteiger partial charge in [-0.2, -0.15) is 0 Å². The highest BCUT2D eigenvalue weighted by Crippen LogP contribution is 2.14. The van der Waals surface area contributed by atoms with Crippen molar-refractivity contribution in [2.75, 3.05) is 85.5 Å². The molecule has 11 N–H and O–H groups in total. The van der Waals surface area contributed by atoms with Crippen LogP contribution in [0.1, 0.15) is 156 Å². The number of hydrogen-bond donors (Lipinski definition) is 11. The highest BCUT2D eigenvalue weighted by atomic mass is 16.6. The molecule has 98 heavy (non-hydrogen) atoms. The molecule has 0 unspecified atom stereocenters. The molecule has 0 atom stereocenters. The maximum Gasteiger partial charge on any atom is 0.414 e. The van der Waals surface area contributed by atoms with Gasteiger partial charge in [-0.25, -0.2) is 33.6 Å². The van der Waals surface area contributed by atoms with Crippen LogP contribution in [0.4, 0.5) is 33.6 Å². The second kappa shape index (κ2) is 42.5. The second-order valence-corrected chi connectivity index (χ2v) is 27.5. The summed E-state index contributed by atoms with van der Waals surface area (Å²) >= 11 is 0. The molecule has 0 saturated heterocycles. The minimum absolute atomic E-state index is 0.0390. The van der Waals surface area contributed by atoms with Crippen LogP contribution in [0.15, 0.2) is 45.3 Å². The van der Waals surface area contributed by atoms with Crippen molar-refractivity contribution in [3.05, 3.63) is 35.9 Å². The third-order valence-electron chi connectivity index (χ3n) is 10.6. The van der Waals surface area contributed by atoms with E-state index >= 15 is 0 Å². The molecule has 0 spiro atoms. The van der Waals surface area contributed by atoms with Gasteiger partial charge in [0.15, 0.2) is 0 Å². The molecule has 0 aliphatic rings. The van der Waals surface area contributed by atoms with Crippen molar-refractivity contribution >= 4 is 84.2 Å². The minimum atomic E-state index is -1.62. The number of hydrogen-bond acceptors (Lipinski definition) is 24. The topological polar surface area (TPSA) is 449 Å². The number of rotatable bonds is 30. The average molecular weight is 1400 g/mol. The fraction of sp³-hybridized carbons (Fsp3) is 0.683. The van der Waals surface area contributed by atoms with E-state index in [2.05, 4.69) is 73.5 Å². The van der Waals surface area contributed by atoms with E-state index in [0.29, 0.717) is 0 Å². The lowest BCUT2D eigenvalue weighted by Crippen LogP contribution is -2.59. The standard InChI is InChI=1S/C63H106N14O21/c1-57(2,3)93-51(83)71-47(72-52(84)94-58(4,5)6)67-32-29-64-43(78)25-35-89-39-63(77-46(81)24-28-70-50(82)92-38-42-22-20-19-21-23-42,40-90-36-26-44(79)65-30-33-68-48(73-53(85)95-59(7,8)9)74-54(86)96-60(10,11)12)41-91-37-27-45(80)66-31-34-69-49(75-55(87)97-61(13,14)15)76-56(88)98-62(16,17)18/h19-23H,24-41H2,1-18H3,(H,64,78)(H,65,79)(H,66,80)(H,70,82)(H,77,81)(H2,67,71,72,83,84)(H2,68,73,74,85,86)(H2,69,75,76,87,88). The van der Waals surface area contributed by atoms with E-state index in [1.54, 1.807) is 155 Å². The first-order chi connectivity index (χ1) is 45.3. The van der Waals surface area contributed by atoms with Gasteiger partial charge in [-0.15, -0.1) is 0 Å². The SMILES string of the molecule is CC(C)(C)OC(=O)NC(=NCCNC(=O)CCOCC(COCCC(=O)NCCN=C(NC(=O)OC(C)(C)C)NC(=O)OC(C)(C)C)(COCCC(=O)NCCN=C(NC(=O)OC(C)(C)C)NC(=O)OC(C)(C)C)NC(=O)CCNC(=O)OCc1ccccc1)NC(=O)OC(C)(C)C. The molecule has 35 nitrogen and oxygen atoms in total. The van der Waals surface area contributed by atoms with Gasteiger partial charge in [0.1, 0.15) is 45.8 Å². The van der Waals surface area contributed by atoms with Gasteiger partial charge in [0.05, 0.1) is 59.3 Å². The van der Waals surface area contributed by atoms with E-state index in [4.69, 9.17) is 47.4 Å². The normalized spacial score (nSPS) is 11.7. The smallest absolute Gasteiger partial charge is 0.414 e. The highest BCUT2D eigenvalue weighted by Gasteiger charge is 2.35. The predicted molar refractivity (Wildman–Crippen MR) is 359 cm³/mol. The summed E-state index contributed by atoms with van der Waals surface area (Å²) in [6, 6.07) is 8.89. The van der Waals surface area contributed by atoms with E-state index in [0.717, 1.165) is 5.56 Å². The Balaban J connectivity index is 3.46. The number of amides is 11. The van der Waals surface area contributed by atoms with Gasteiger partial charge in [0.25, 0.3) is 0 Å². The number of carbonyl (C=O) groups excluding carboxylic acids is 11. The van der Waals surface area contributed by atoms with Crippen molar-refractivity contribution in [2.45, 2.75) is 196 Å². The van der Waals surface area contributed by atoms with E-state index in [-0.39, 0.29) is 116 Å². The molecule has 0 aliphatic carbocycles. The zero-order valence-electron chi connectivity index (χ0n) is 60.0. The summed E-state index contributed by atoms with van der Waals surface area (Å²) in [6.07, 6.45) is -7.36. The van der Waals surface area contributed by atoms with Crippen molar-refractivity contribution in [3.8, 4) is 0 Å². The molecule has 1 aromatic rings. The number of aliphatic imine (C=N–C) groups is 3. The molecule has 1 rings (SSSR count). The van der Waals surface area contributed by atoms with Crippen LogP contribution in [-0.2, 0) is 73.2 Å². The lowest BCUT2D eigenvalue weighted by molar-refractivity contribution is -0.130. The van der Waals surface area contributed by atoms with Crippen LogP contribution in [0, 0.1) is 0 Å². The van der Waals surface area contributed by atoms with E-state index < -0.39 is 125 Å². The maximum absolute atomic E-state index is 13.9. The molecule has 1 aromatic carbocycles. The summed E-state index contributed by atoms with van der Waals surface area (Å²) in [5, 5.41) is 27.5. The Labute approximate surface area is 573 Å². The molecule has 0 radical (unpaired) electrons. The van der Waals surface area contributed by atoms with Gasteiger partial charge in [-0.1, -0.05) is 30.3 Å². The van der Waals surface area contributed by atoms with Crippen LogP contribution in [0.5, 0.6) is 0 Å². The molecule has 0 saturated carbocycles. The van der Waals surface area contributed by atoms with E-state index in [1.165, 1.54) is 0 Å². The van der Waals surface area contributed by atoms with Gasteiger partial charge in [-0.05, 0) is 130 Å². The van der Waals surface area contributed by atoms with Crippen molar-refractivity contribution in [1.82, 2.24) is 58.5 Å². The van der Waals surface area contributed by atoms with Crippen LogP contribution >= 0.6 is 0 Å². The number of benzene rings is 1. The minimum Gasteiger partial charge on any atom is -0.445 e. The van der Waals surface area contributed by atoms with Crippen molar-refractivity contribution in [2.24, 2.45) is 15.0 Å². The fourth-order valence-electron chi connectivity index (χ4n) is 7.03. The van der Waals surface area contributed by atoms with Crippen molar-refractivity contribution in [1.29, 1.82) is 0 Å². The summed E-state index contributed by atoms with van der Waals surface area (Å²) in [7, 11) is 0. The first-order valence-electron chi connectivity index (χ1n) is 31.7. The number of nitrogens with one attached hydrogen (secondary N) is 11. The molecule has 0 aromatic heterocycles. The molecular weight excluding hydrogens is 1290 g/mol. The van der Waals surface area contributed by atoms with Crippen molar-refractivity contribution in [3.63, 3.8) is 0 Å². The predicted octanol–water partition coefficient (Wildman–Crippen LogP) is 4.94. The van der Waals surface area contributed by atoms with Gasteiger partial charge in [0.2, 0.25) is 41.5 Å². The van der Waals surface area contributed by atoms with Crippen molar-refractivity contribution < 1.29 is 100 Å². The molecule has 0 bridgehead atoms. The lowest BCUT2D eigenvalue weighted by Gasteiger charge is -2.34. The fourth-order valence-corrected chi connectivity index (χ4v) is 7.03. The summed E-state index contributed by atoms with van der Waals surface area (Å²) in [6.45, 7) is 26.7. The maximum atomic E-state index is 13.9. The van der Waals surface area contributed by atoms with Crippen LogP contribution in [0.3, 0.4) is 0 Å². The number of nitrogens with zero attached hydrogens (tertiary/aromatic N) is 3. The Morgan fingerprint density at radius 2 is 0.612 bits per heavy atom. The zero-order chi connectivity index (χ0) is 74.4. The Morgan fingerprint density at radius 3 is 0.878 bits per heavy atom. The number of alkyl carbamates (subject to hydrolysis) is 7. The Morgan fingerprint density at radius 1 is 0.337 bits per heavy atom. The quantitative estimate of drug-likeness (QED) is 0.0210. The molecule has 35 heteroatoms. The number of guanidine groups is 3. The van der Waals surface area contributed by atoms with E-state index in [1.807, 2.05) is 0 Å². The van der Waals surface area contributed by atoms with E-state index in [9.17, 15) is 52.7 Å². The molecule has 0 aliphatic heterocycles. The monoisotopic (exact) mass is 1390 g/mol. The zero-order valence-corrected chi connectivity index (χ0v) is 60.0.